The fraction of sp³-hybridized carbons (Fsp3) is 0.818. The zero-order valence-corrected chi connectivity index (χ0v) is 10.9. The lowest BCUT2D eigenvalue weighted by molar-refractivity contribution is -0.152. The molecule has 1 fully saturated rings. The third kappa shape index (κ3) is 3.08. The fourth-order valence-corrected chi connectivity index (χ4v) is 1.55. The van der Waals surface area contributed by atoms with Crippen molar-refractivity contribution in [3.63, 3.8) is 0 Å². The third-order valence-electron chi connectivity index (χ3n) is 2.32. The van der Waals surface area contributed by atoms with E-state index in [9.17, 15) is 14.0 Å². The average molecular weight is 246 g/mol. The molecule has 1 saturated heterocycles. The largest absolute Gasteiger partial charge is 0.444 e. The molecule has 0 aromatic heterocycles. The predicted octanol–water partition coefficient (Wildman–Crippen LogP) is 1.03. The first-order valence-corrected chi connectivity index (χ1v) is 5.44. The standard InChI is InChI=1S/C11H19FN2O3/c1-10(2,3)17-9(16)14-6-11(12,7-14)8(15)13(4)5/h6-7H2,1-5H3. The summed E-state index contributed by atoms with van der Waals surface area (Å²) in [6, 6.07) is 0. The van der Waals surface area contributed by atoms with E-state index in [1.807, 2.05) is 0 Å². The number of amides is 2. The van der Waals surface area contributed by atoms with E-state index in [0.717, 1.165) is 0 Å². The summed E-state index contributed by atoms with van der Waals surface area (Å²) in [6.07, 6.45) is -0.586. The van der Waals surface area contributed by atoms with Crippen LogP contribution >= 0.6 is 0 Å². The van der Waals surface area contributed by atoms with Gasteiger partial charge in [0.1, 0.15) is 5.60 Å². The Kier molecular flexibility index (Phi) is 3.36. The van der Waals surface area contributed by atoms with Gasteiger partial charge in [0.15, 0.2) is 0 Å². The molecule has 0 bridgehead atoms. The lowest BCUT2D eigenvalue weighted by atomic mass is 9.95. The fourth-order valence-electron chi connectivity index (χ4n) is 1.55. The van der Waals surface area contributed by atoms with Gasteiger partial charge in [0.05, 0.1) is 13.1 Å². The molecular formula is C11H19FN2O3. The smallest absolute Gasteiger partial charge is 0.410 e. The molecule has 0 aliphatic carbocycles. The van der Waals surface area contributed by atoms with Gasteiger partial charge in [0.25, 0.3) is 5.91 Å². The van der Waals surface area contributed by atoms with Crippen molar-refractivity contribution in [3.05, 3.63) is 0 Å². The van der Waals surface area contributed by atoms with Crippen molar-refractivity contribution in [2.45, 2.75) is 32.0 Å². The number of carbonyl (C=O) groups excluding carboxylic acids is 2. The van der Waals surface area contributed by atoms with E-state index in [1.165, 1.54) is 23.9 Å². The van der Waals surface area contributed by atoms with Crippen LogP contribution in [0.25, 0.3) is 0 Å². The van der Waals surface area contributed by atoms with E-state index in [-0.39, 0.29) is 13.1 Å². The van der Waals surface area contributed by atoms with Crippen molar-refractivity contribution in [2.75, 3.05) is 27.2 Å². The molecule has 0 aromatic carbocycles. The minimum absolute atomic E-state index is 0.237. The first kappa shape index (κ1) is 13.7. The molecule has 1 aliphatic rings. The number of nitrogens with zero attached hydrogens (tertiary/aromatic N) is 2. The maximum atomic E-state index is 14.0. The Bertz CT molecular complexity index is 330. The topological polar surface area (TPSA) is 49.9 Å². The number of carbonyl (C=O) groups is 2. The summed E-state index contributed by atoms with van der Waals surface area (Å²) in [5.74, 6) is -0.614. The number of alkyl halides is 1. The molecule has 1 heterocycles. The minimum atomic E-state index is -1.96. The predicted molar refractivity (Wildman–Crippen MR) is 60.3 cm³/mol. The van der Waals surface area contributed by atoms with Crippen LogP contribution in [-0.2, 0) is 9.53 Å². The summed E-state index contributed by atoms with van der Waals surface area (Å²) in [5, 5.41) is 0. The Hall–Kier alpha value is -1.33. The molecule has 0 radical (unpaired) electrons. The van der Waals surface area contributed by atoms with Crippen LogP contribution in [-0.4, -0.2) is 60.3 Å². The van der Waals surface area contributed by atoms with Crippen LogP contribution in [0.3, 0.4) is 0 Å². The van der Waals surface area contributed by atoms with E-state index in [0.29, 0.717) is 0 Å². The van der Waals surface area contributed by atoms with E-state index in [2.05, 4.69) is 0 Å². The number of ether oxygens (including phenoxy) is 1. The number of rotatable bonds is 1. The molecule has 1 rings (SSSR count). The summed E-state index contributed by atoms with van der Waals surface area (Å²) in [5.41, 5.74) is -2.57. The number of halogens is 1. The van der Waals surface area contributed by atoms with Gasteiger partial charge in [-0.05, 0) is 20.8 Å². The molecule has 0 spiro atoms. The molecule has 6 heteroatoms. The van der Waals surface area contributed by atoms with Crippen molar-refractivity contribution >= 4 is 12.0 Å². The van der Waals surface area contributed by atoms with E-state index in [1.54, 1.807) is 20.8 Å². The van der Waals surface area contributed by atoms with Gasteiger partial charge in [-0.1, -0.05) is 0 Å². The van der Waals surface area contributed by atoms with Crippen molar-refractivity contribution in [1.29, 1.82) is 0 Å². The lowest BCUT2D eigenvalue weighted by Crippen LogP contribution is -2.67. The summed E-state index contributed by atoms with van der Waals surface area (Å²) >= 11 is 0. The van der Waals surface area contributed by atoms with Gasteiger partial charge in [0, 0.05) is 14.1 Å². The zero-order chi connectivity index (χ0) is 13.4. The minimum Gasteiger partial charge on any atom is -0.444 e. The van der Waals surface area contributed by atoms with Gasteiger partial charge in [-0.15, -0.1) is 0 Å². The summed E-state index contributed by atoms with van der Waals surface area (Å²) in [6.45, 7) is 4.73. The summed E-state index contributed by atoms with van der Waals surface area (Å²) in [4.78, 5) is 25.4. The second-order valence-electron chi connectivity index (χ2n) is 5.50. The normalized spacial score (nSPS) is 18.4. The molecule has 2 amide bonds. The highest BCUT2D eigenvalue weighted by Gasteiger charge is 2.53. The molecule has 98 valence electrons. The second-order valence-corrected chi connectivity index (χ2v) is 5.50. The summed E-state index contributed by atoms with van der Waals surface area (Å²) in [7, 11) is 2.97. The third-order valence-corrected chi connectivity index (χ3v) is 2.32. The molecule has 1 aliphatic heterocycles. The van der Waals surface area contributed by atoms with Crippen molar-refractivity contribution in [2.24, 2.45) is 0 Å². The average Bonchev–Trinajstić information content (AvgIpc) is 2.08. The molecule has 0 aromatic rings. The highest BCUT2D eigenvalue weighted by molar-refractivity contribution is 5.88. The SMILES string of the molecule is CN(C)C(=O)C1(F)CN(C(=O)OC(C)(C)C)C1. The van der Waals surface area contributed by atoms with Crippen LogP contribution in [0.4, 0.5) is 9.18 Å². The van der Waals surface area contributed by atoms with Gasteiger partial charge in [-0.25, -0.2) is 9.18 Å². The van der Waals surface area contributed by atoms with E-state index < -0.39 is 23.3 Å². The molecule has 0 saturated carbocycles. The zero-order valence-electron chi connectivity index (χ0n) is 10.9. The van der Waals surface area contributed by atoms with Crippen LogP contribution in [0, 0.1) is 0 Å². The van der Waals surface area contributed by atoms with Crippen LogP contribution in [0.15, 0.2) is 0 Å². The molecule has 17 heavy (non-hydrogen) atoms. The number of likely N-dealkylation sites (tertiary alicyclic amines) is 1. The molecular weight excluding hydrogens is 227 g/mol. The molecule has 0 unspecified atom stereocenters. The number of hydrogen-bond acceptors (Lipinski definition) is 3. The lowest BCUT2D eigenvalue weighted by Gasteiger charge is -2.43. The maximum absolute atomic E-state index is 14.0. The van der Waals surface area contributed by atoms with Crippen LogP contribution in [0.2, 0.25) is 0 Å². The van der Waals surface area contributed by atoms with Gasteiger partial charge < -0.3 is 14.5 Å². The highest BCUT2D eigenvalue weighted by atomic mass is 19.1. The quantitative estimate of drug-likeness (QED) is 0.694. The summed E-state index contributed by atoms with van der Waals surface area (Å²) < 4.78 is 19.0. The van der Waals surface area contributed by atoms with E-state index >= 15 is 0 Å². The van der Waals surface area contributed by atoms with Crippen LogP contribution in [0.1, 0.15) is 20.8 Å². The van der Waals surface area contributed by atoms with Crippen molar-refractivity contribution in [3.8, 4) is 0 Å². The maximum Gasteiger partial charge on any atom is 0.410 e. The molecule has 0 N–H and O–H groups in total. The Labute approximate surface area is 101 Å². The number of hydrogen-bond donors (Lipinski definition) is 0. The molecule has 5 nitrogen and oxygen atoms in total. The first-order chi connectivity index (χ1) is 7.55. The Balaban J connectivity index is 2.51. The van der Waals surface area contributed by atoms with Crippen molar-refractivity contribution < 1.29 is 18.7 Å². The second kappa shape index (κ2) is 4.16. The highest BCUT2D eigenvalue weighted by Crippen LogP contribution is 2.28. The Morgan fingerprint density at radius 1 is 1.29 bits per heavy atom. The van der Waals surface area contributed by atoms with Crippen molar-refractivity contribution in [1.82, 2.24) is 9.80 Å². The Morgan fingerprint density at radius 3 is 2.12 bits per heavy atom. The van der Waals surface area contributed by atoms with Gasteiger partial charge in [0.2, 0.25) is 5.67 Å². The van der Waals surface area contributed by atoms with Gasteiger partial charge >= 0.3 is 6.09 Å². The Morgan fingerprint density at radius 2 is 1.76 bits per heavy atom. The first-order valence-electron chi connectivity index (χ1n) is 5.44. The monoisotopic (exact) mass is 246 g/mol. The van der Waals surface area contributed by atoms with E-state index in [4.69, 9.17) is 4.74 Å². The van der Waals surface area contributed by atoms with Gasteiger partial charge in [-0.2, -0.15) is 0 Å². The van der Waals surface area contributed by atoms with Crippen LogP contribution < -0.4 is 0 Å². The molecule has 0 atom stereocenters. The van der Waals surface area contributed by atoms with Crippen LogP contribution in [0.5, 0.6) is 0 Å². The van der Waals surface area contributed by atoms with Gasteiger partial charge in [-0.3, -0.25) is 4.79 Å².